The Morgan fingerprint density at radius 2 is 1.82 bits per heavy atom. The summed E-state index contributed by atoms with van der Waals surface area (Å²) in [6.07, 6.45) is -7.91. The van der Waals surface area contributed by atoms with Gasteiger partial charge in [0.05, 0.1) is 30.9 Å². The van der Waals surface area contributed by atoms with E-state index in [0.29, 0.717) is 11.9 Å². The highest BCUT2D eigenvalue weighted by Gasteiger charge is 2.52. The van der Waals surface area contributed by atoms with Crippen LogP contribution in [-0.2, 0) is 10.9 Å². The van der Waals surface area contributed by atoms with Crippen molar-refractivity contribution in [3.63, 3.8) is 0 Å². The molecule has 0 aromatic carbocycles. The van der Waals surface area contributed by atoms with Gasteiger partial charge in [0, 0.05) is 20.3 Å². The summed E-state index contributed by atoms with van der Waals surface area (Å²) in [5.74, 6) is 0.301. The Labute approximate surface area is 159 Å². The summed E-state index contributed by atoms with van der Waals surface area (Å²) < 4.78 is 77.7. The third-order valence-electron chi connectivity index (χ3n) is 2.98. The summed E-state index contributed by atoms with van der Waals surface area (Å²) in [6, 6.07) is 3.23. The van der Waals surface area contributed by atoms with Crippen molar-refractivity contribution in [1.82, 2.24) is 4.98 Å². The Balaban J connectivity index is 0. The number of aliphatic hydroxyl groups is 1. The summed E-state index contributed by atoms with van der Waals surface area (Å²) in [6.45, 7) is 1.78. The van der Waals surface area contributed by atoms with Gasteiger partial charge in [0.2, 0.25) is 0 Å². The van der Waals surface area contributed by atoms with Crippen LogP contribution in [-0.4, -0.2) is 42.6 Å². The maximum Gasteiger partial charge on any atom is 0.422 e. The van der Waals surface area contributed by atoms with Crippen LogP contribution in [0.3, 0.4) is 0 Å². The highest BCUT2D eigenvalue weighted by atomic mass is 19.4. The molecule has 0 bridgehead atoms. The molecule has 1 unspecified atom stereocenters. The average Bonchev–Trinajstić information content (AvgIpc) is 2.54. The van der Waals surface area contributed by atoms with Crippen LogP contribution in [0.4, 0.5) is 32.2 Å². The number of anilines is 1. The molecule has 0 aliphatic carbocycles. The van der Waals surface area contributed by atoms with E-state index in [1.165, 1.54) is 11.0 Å². The molecular formula is C17H23F6N3O2. The molecule has 0 aliphatic rings. The van der Waals surface area contributed by atoms with E-state index in [0.717, 1.165) is 24.6 Å². The number of alkyl halides is 6. The third-order valence-corrected chi connectivity index (χ3v) is 2.98. The topological polar surface area (TPSA) is 69.4 Å². The number of ether oxygens (including phenoxy) is 1. The normalized spacial score (nSPS) is 13.5. The van der Waals surface area contributed by atoms with Crippen LogP contribution in [0.1, 0.15) is 26.3 Å². The van der Waals surface area contributed by atoms with Gasteiger partial charge in [-0.1, -0.05) is 7.43 Å². The predicted octanol–water partition coefficient (Wildman–Crippen LogP) is 4.55. The Morgan fingerprint density at radius 1 is 1.25 bits per heavy atom. The van der Waals surface area contributed by atoms with Gasteiger partial charge in [-0.25, -0.2) is 4.98 Å². The Bertz CT molecular complexity index is 654. The molecule has 0 radical (unpaired) electrons. The second kappa shape index (κ2) is 11.4. The number of aromatic nitrogens is 1. The van der Waals surface area contributed by atoms with Crippen molar-refractivity contribution in [1.29, 1.82) is 5.26 Å². The fourth-order valence-electron chi connectivity index (χ4n) is 1.47. The summed E-state index contributed by atoms with van der Waals surface area (Å²) >= 11 is 0. The molecule has 0 aliphatic heterocycles. The second-order valence-corrected chi connectivity index (χ2v) is 5.31. The number of nitriles is 1. The molecule has 160 valence electrons. The minimum absolute atomic E-state index is 0. The second-order valence-electron chi connectivity index (χ2n) is 5.31. The van der Waals surface area contributed by atoms with Gasteiger partial charge in [-0.05, 0) is 25.1 Å². The molecule has 1 aromatic heterocycles. The highest BCUT2D eigenvalue weighted by molar-refractivity contribution is 5.39. The Hall–Kier alpha value is -2.48. The van der Waals surface area contributed by atoms with E-state index >= 15 is 0 Å². The predicted molar refractivity (Wildman–Crippen MR) is 92.3 cm³/mol. The lowest BCUT2D eigenvalue weighted by Gasteiger charge is -2.24. The number of rotatable bonds is 5. The van der Waals surface area contributed by atoms with E-state index < -0.39 is 29.9 Å². The molecule has 1 aromatic rings. The number of nitrogens with zero attached hydrogens (tertiary/aromatic N) is 3. The van der Waals surface area contributed by atoms with Crippen LogP contribution in [0.5, 0.6) is 0 Å². The Morgan fingerprint density at radius 3 is 2.21 bits per heavy atom. The fraction of sp³-hybridized carbons (Fsp3) is 0.529. The lowest BCUT2D eigenvalue weighted by atomic mass is 10.0. The first-order valence-corrected chi connectivity index (χ1v) is 7.44. The van der Waals surface area contributed by atoms with Crippen molar-refractivity contribution in [3.05, 3.63) is 36.2 Å². The maximum atomic E-state index is 12.2. The molecule has 0 saturated carbocycles. The van der Waals surface area contributed by atoms with Gasteiger partial charge in [-0.15, -0.1) is 0 Å². The van der Waals surface area contributed by atoms with Gasteiger partial charge >= 0.3 is 12.4 Å². The summed E-state index contributed by atoms with van der Waals surface area (Å²) in [7, 11) is 3.28. The van der Waals surface area contributed by atoms with Gasteiger partial charge in [0.1, 0.15) is 5.82 Å². The number of pyridine rings is 1. The smallest absolute Gasteiger partial charge is 0.422 e. The van der Waals surface area contributed by atoms with Crippen molar-refractivity contribution in [2.45, 2.75) is 38.7 Å². The minimum Gasteiger partial charge on any atom is -0.502 e. The first-order valence-electron chi connectivity index (χ1n) is 7.44. The zero-order chi connectivity index (χ0) is 21.3. The van der Waals surface area contributed by atoms with Crippen molar-refractivity contribution in [2.75, 3.05) is 25.6 Å². The van der Waals surface area contributed by atoms with Gasteiger partial charge < -0.3 is 14.7 Å². The van der Waals surface area contributed by atoms with E-state index in [4.69, 9.17) is 10.4 Å². The third kappa shape index (κ3) is 8.94. The van der Waals surface area contributed by atoms with Gasteiger partial charge in [-0.3, -0.25) is 0 Å². The standard InChI is InChI=1S/C8H9F3N2.C8H10F3NO2.CH4/c1-13(2)7-5-6(3-4-12-7)8(9,10)11;1-2-14-6-4-7(13,3-5-12)8(9,10)11;/h3-5H,1-2H3;4,6,13H,2-3H2,1H3;1H4/b;6-4+;. The molecule has 1 N–H and O–H groups in total. The zero-order valence-electron chi connectivity index (χ0n) is 14.8. The van der Waals surface area contributed by atoms with Crippen LogP contribution in [0, 0.1) is 11.3 Å². The SMILES string of the molecule is C.CCO/C=C/C(O)(CC#N)C(F)(F)F.CN(C)c1cc(C(F)(F)F)ccn1. The molecule has 0 amide bonds. The van der Waals surface area contributed by atoms with E-state index in [1.54, 1.807) is 21.0 Å². The van der Waals surface area contributed by atoms with Crippen LogP contribution >= 0.6 is 0 Å². The molecule has 1 atom stereocenters. The van der Waals surface area contributed by atoms with E-state index in [9.17, 15) is 26.3 Å². The number of hydrogen-bond donors (Lipinski definition) is 1. The number of hydrogen-bond acceptors (Lipinski definition) is 5. The molecular weight excluding hydrogens is 392 g/mol. The van der Waals surface area contributed by atoms with E-state index in [2.05, 4.69) is 9.72 Å². The monoisotopic (exact) mass is 415 g/mol. The van der Waals surface area contributed by atoms with Gasteiger partial charge in [-0.2, -0.15) is 31.6 Å². The maximum absolute atomic E-state index is 12.2. The quantitative estimate of drug-likeness (QED) is 0.565. The van der Waals surface area contributed by atoms with Crippen LogP contribution in [0.15, 0.2) is 30.7 Å². The van der Waals surface area contributed by atoms with Crippen LogP contribution in [0.2, 0.25) is 0 Å². The van der Waals surface area contributed by atoms with Crippen molar-refractivity contribution < 1.29 is 36.2 Å². The molecule has 0 spiro atoms. The first kappa shape index (κ1) is 27.7. The first-order chi connectivity index (χ1) is 12.3. The summed E-state index contributed by atoms with van der Waals surface area (Å²) in [4.78, 5) is 5.30. The van der Waals surface area contributed by atoms with Crippen molar-refractivity contribution in [3.8, 4) is 6.07 Å². The van der Waals surface area contributed by atoms with E-state index in [-0.39, 0.29) is 14.0 Å². The molecule has 28 heavy (non-hydrogen) atoms. The van der Waals surface area contributed by atoms with Gasteiger partial charge in [0.15, 0.2) is 5.60 Å². The molecule has 1 heterocycles. The minimum atomic E-state index is -4.88. The zero-order valence-corrected chi connectivity index (χ0v) is 14.8. The molecule has 0 fully saturated rings. The van der Waals surface area contributed by atoms with Crippen molar-refractivity contribution in [2.24, 2.45) is 0 Å². The highest BCUT2D eigenvalue weighted by Crippen LogP contribution is 2.34. The molecule has 11 heteroatoms. The van der Waals surface area contributed by atoms with Crippen LogP contribution < -0.4 is 4.90 Å². The summed E-state index contributed by atoms with van der Waals surface area (Å²) in [5.41, 5.74) is -3.80. The molecule has 0 saturated heterocycles. The average molecular weight is 415 g/mol. The van der Waals surface area contributed by atoms with Crippen molar-refractivity contribution >= 4 is 5.82 Å². The molecule has 1 rings (SSSR count). The number of halogens is 6. The van der Waals surface area contributed by atoms with Gasteiger partial charge in [0.25, 0.3) is 0 Å². The summed E-state index contributed by atoms with van der Waals surface area (Å²) in [5, 5.41) is 17.2. The molecule has 5 nitrogen and oxygen atoms in total. The lowest BCUT2D eigenvalue weighted by Crippen LogP contribution is -2.43. The Kier molecular flexibility index (Phi) is 11.3. The lowest BCUT2D eigenvalue weighted by molar-refractivity contribution is -0.238. The van der Waals surface area contributed by atoms with E-state index in [1.807, 2.05) is 0 Å². The largest absolute Gasteiger partial charge is 0.502 e. The van der Waals surface area contributed by atoms with Crippen LogP contribution in [0.25, 0.3) is 0 Å². The fourth-order valence-corrected chi connectivity index (χ4v) is 1.47.